The molecule has 5 nitrogen and oxygen atoms in total. The molecular formula is C20H17FN4OS2. The molecule has 0 aliphatic heterocycles. The number of aryl methyl sites for hydroxylation is 1. The van der Waals surface area contributed by atoms with Crippen LogP contribution >= 0.6 is 22.7 Å². The minimum Gasteiger partial charge on any atom is -0.352 e. The number of rotatable bonds is 6. The van der Waals surface area contributed by atoms with Crippen molar-refractivity contribution in [3.05, 3.63) is 69.2 Å². The van der Waals surface area contributed by atoms with Crippen LogP contribution < -0.4 is 5.32 Å². The van der Waals surface area contributed by atoms with E-state index < -0.39 is 0 Å². The monoisotopic (exact) mass is 412 g/mol. The Balaban J connectivity index is 1.37. The fourth-order valence-corrected chi connectivity index (χ4v) is 4.47. The molecule has 3 heterocycles. The van der Waals surface area contributed by atoms with Crippen LogP contribution in [0.1, 0.15) is 20.2 Å². The predicted octanol–water partition coefficient (Wildman–Crippen LogP) is 4.68. The number of carbonyl (C=O) groups excluding carboxylic acids is 1. The van der Waals surface area contributed by atoms with Gasteiger partial charge in [-0.2, -0.15) is 5.10 Å². The van der Waals surface area contributed by atoms with Crippen LogP contribution in [0.3, 0.4) is 0 Å². The summed E-state index contributed by atoms with van der Waals surface area (Å²) in [5.74, 6) is -0.530. The van der Waals surface area contributed by atoms with Crippen molar-refractivity contribution >= 4 is 28.6 Å². The normalized spacial score (nSPS) is 10.9. The molecule has 0 bridgehead atoms. The van der Waals surface area contributed by atoms with E-state index in [1.165, 1.54) is 23.2 Å². The van der Waals surface area contributed by atoms with Gasteiger partial charge in [0.15, 0.2) is 0 Å². The SMILES string of the molecule is Cc1nc(-c2ccc(CCNC(=O)c3cn[nH]c3-c3ccc(F)cc3)s2)cs1. The van der Waals surface area contributed by atoms with E-state index in [4.69, 9.17) is 0 Å². The Morgan fingerprint density at radius 1 is 1.21 bits per heavy atom. The second-order valence-electron chi connectivity index (χ2n) is 6.19. The summed E-state index contributed by atoms with van der Waals surface area (Å²) in [7, 11) is 0. The fourth-order valence-electron chi connectivity index (χ4n) is 2.82. The number of amides is 1. The quantitative estimate of drug-likeness (QED) is 0.483. The number of nitrogens with zero attached hydrogens (tertiary/aromatic N) is 2. The van der Waals surface area contributed by atoms with Gasteiger partial charge >= 0.3 is 0 Å². The molecule has 1 amide bonds. The highest BCUT2D eigenvalue weighted by Crippen LogP contribution is 2.29. The molecule has 0 spiro atoms. The molecule has 0 aliphatic carbocycles. The first-order valence-corrected chi connectivity index (χ1v) is 10.4. The summed E-state index contributed by atoms with van der Waals surface area (Å²) in [6.45, 7) is 2.51. The molecule has 0 saturated carbocycles. The van der Waals surface area contributed by atoms with Gasteiger partial charge in [0.2, 0.25) is 0 Å². The summed E-state index contributed by atoms with van der Waals surface area (Å²) >= 11 is 3.33. The number of nitrogens with one attached hydrogen (secondary N) is 2. The number of hydrogen-bond acceptors (Lipinski definition) is 5. The molecule has 4 rings (SSSR count). The summed E-state index contributed by atoms with van der Waals surface area (Å²) in [5.41, 5.74) is 2.74. The van der Waals surface area contributed by atoms with Crippen LogP contribution in [-0.4, -0.2) is 27.6 Å². The van der Waals surface area contributed by atoms with Gasteiger partial charge in [0.05, 0.1) is 33.0 Å². The third kappa shape index (κ3) is 4.02. The van der Waals surface area contributed by atoms with Gasteiger partial charge < -0.3 is 5.32 Å². The van der Waals surface area contributed by atoms with Crippen molar-refractivity contribution in [3.8, 4) is 21.8 Å². The van der Waals surface area contributed by atoms with Crippen LogP contribution in [0, 0.1) is 12.7 Å². The van der Waals surface area contributed by atoms with Crippen molar-refractivity contribution in [2.45, 2.75) is 13.3 Å². The average molecular weight is 413 g/mol. The van der Waals surface area contributed by atoms with Crippen LogP contribution in [0.5, 0.6) is 0 Å². The van der Waals surface area contributed by atoms with Crippen molar-refractivity contribution in [2.75, 3.05) is 6.54 Å². The van der Waals surface area contributed by atoms with Crippen LogP contribution in [0.25, 0.3) is 21.8 Å². The molecule has 0 fully saturated rings. The Bertz CT molecular complexity index is 1100. The number of H-pyrrole nitrogens is 1. The van der Waals surface area contributed by atoms with Crippen LogP contribution in [0.2, 0.25) is 0 Å². The summed E-state index contributed by atoms with van der Waals surface area (Å²) in [5, 5.41) is 12.8. The van der Waals surface area contributed by atoms with Gasteiger partial charge in [-0.05, 0) is 49.7 Å². The van der Waals surface area contributed by atoms with E-state index in [1.807, 2.05) is 6.92 Å². The van der Waals surface area contributed by atoms with Crippen LogP contribution in [-0.2, 0) is 6.42 Å². The summed E-state index contributed by atoms with van der Waals surface area (Å²) in [6, 6.07) is 10.1. The van der Waals surface area contributed by atoms with Crippen molar-refractivity contribution in [2.24, 2.45) is 0 Å². The number of thiophene rings is 1. The minimum absolute atomic E-state index is 0.208. The van der Waals surface area contributed by atoms with Crippen molar-refractivity contribution in [1.29, 1.82) is 0 Å². The highest BCUT2D eigenvalue weighted by atomic mass is 32.1. The van der Waals surface area contributed by atoms with Crippen LogP contribution in [0.4, 0.5) is 4.39 Å². The topological polar surface area (TPSA) is 70.7 Å². The van der Waals surface area contributed by atoms with Gasteiger partial charge in [-0.25, -0.2) is 9.37 Å². The van der Waals surface area contributed by atoms with E-state index in [0.717, 1.165) is 22.0 Å². The average Bonchev–Trinajstić information content (AvgIpc) is 3.42. The third-order valence-corrected chi connectivity index (χ3v) is 6.15. The predicted molar refractivity (Wildman–Crippen MR) is 110 cm³/mol. The van der Waals surface area contributed by atoms with E-state index in [2.05, 4.69) is 38.0 Å². The Morgan fingerprint density at radius 3 is 2.79 bits per heavy atom. The van der Waals surface area contributed by atoms with Crippen molar-refractivity contribution in [3.63, 3.8) is 0 Å². The zero-order valence-corrected chi connectivity index (χ0v) is 16.7. The number of thiazole rings is 1. The number of aromatic nitrogens is 3. The van der Waals surface area contributed by atoms with Gasteiger partial charge in [-0.3, -0.25) is 9.89 Å². The Hall–Kier alpha value is -2.84. The Kier molecular flexibility index (Phi) is 5.31. The summed E-state index contributed by atoms with van der Waals surface area (Å²) in [6.07, 6.45) is 2.23. The molecule has 2 N–H and O–H groups in total. The smallest absolute Gasteiger partial charge is 0.255 e. The molecule has 0 atom stereocenters. The molecule has 0 unspecified atom stereocenters. The lowest BCUT2D eigenvalue weighted by molar-refractivity contribution is 0.0955. The van der Waals surface area contributed by atoms with E-state index in [9.17, 15) is 9.18 Å². The first-order valence-electron chi connectivity index (χ1n) is 8.69. The molecule has 3 aromatic heterocycles. The van der Waals surface area contributed by atoms with Gasteiger partial charge in [0.25, 0.3) is 5.91 Å². The van der Waals surface area contributed by atoms with E-state index in [-0.39, 0.29) is 11.7 Å². The number of carbonyl (C=O) groups is 1. The van der Waals surface area contributed by atoms with E-state index in [1.54, 1.807) is 34.8 Å². The zero-order chi connectivity index (χ0) is 19.5. The van der Waals surface area contributed by atoms with Gasteiger partial charge in [-0.1, -0.05) is 0 Å². The largest absolute Gasteiger partial charge is 0.352 e. The highest BCUT2D eigenvalue weighted by molar-refractivity contribution is 7.16. The standard InChI is InChI=1S/C20H17FN4OS2/c1-12-24-17(11-27-12)18-7-6-15(28-18)8-9-22-20(26)16-10-23-25-19(16)13-2-4-14(21)5-3-13/h2-7,10-11H,8-9H2,1H3,(H,22,26)(H,23,25). The lowest BCUT2D eigenvalue weighted by atomic mass is 10.1. The van der Waals surface area contributed by atoms with Gasteiger partial charge in [0.1, 0.15) is 5.82 Å². The lowest BCUT2D eigenvalue weighted by Crippen LogP contribution is -2.25. The number of hydrogen-bond donors (Lipinski definition) is 2. The van der Waals surface area contributed by atoms with Gasteiger partial charge in [-0.15, -0.1) is 22.7 Å². The maximum atomic E-state index is 13.1. The first kappa shape index (κ1) is 18.5. The van der Waals surface area contributed by atoms with Crippen molar-refractivity contribution in [1.82, 2.24) is 20.5 Å². The van der Waals surface area contributed by atoms with Crippen LogP contribution in [0.15, 0.2) is 48.0 Å². The Morgan fingerprint density at radius 2 is 2.04 bits per heavy atom. The number of aromatic amines is 1. The lowest BCUT2D eigenvalue weighted by Gasteiger charge is -2.05. The molecule has 8 heteroatoms. The molecular weight excluding hydrogens is 395 g/mol. The first-order chi connectivity index (χ1) is 13.6. The molecule has 142 valence electrons. The maximum absolute atomic E-state index is 13.1. The minimum atomic E-state index is -0.322. The Labute approximate surface area is 169 Å². The number of benzene rings is 1. The molecule has 4 aromatic rings. The molecule has 1 aromatic carbocycles. The molecule has 0 radical (unpaired) electrons. The summed E-state index contributed by atoms with van der Waals surface area (Å²) in [4.78, 5) is 19.4. The second kappa shape index (κ2) is 8.04. The molecule has 0 aliphatic rings. The zero-order valence-electron chi connectivity index (χ0n) is 15.0. The second-order valence-corrected chi connectivity index (χ2v) is 8.42. The molecule has 0 saturated heterocycles. The highest BCUT2D eigenvalue weighted by Gasteiger charge is 2.15. The number of halogens is 1. The third-order valence-electron chi connectivity index (χ3n) is 4.21. The fraction of sp³-hybridized carbons (Fsp3) is 0.150. The van der Waals surface area contributed by atoms with Crippen molar-refractivity contribution < 1.29 is 9.18 Å². The summed E-state index contributed by atoms with van der Waals surface area (Å²) < 4.78 is 13.1. The van der Waals surface area contributed by atoms with E-state index in [0.29, 0.717) is 23.4 Å². The van der Waals surface area contributed by atoms with Gasteiger partial charge in [0, 0.05) is 22.4 Å². The van der Waals surface area contributed by atoms with E-state index >= 15 is 0 Å². The molecule has 28 heavy (non-hydrogen) atoms. The maximum Gasteiger partial charge on any atom is 0.255 e.